The summed E-state index contributed by atoms with van der Waals surface area (Å²) < 4.78 is 0. The van der Waals surface area contributed by atoms with Crippen LogP contribution in [0.3, 0.4) is 0 Å². The van der Waals surface area contributed by atoms with Gasteiger partial charge in [0.05, 0.1) is 6.54 Å². The molecule has 0 atom stereocenters. The highest BCUT2D eigenvalue weighted by atomic mass is 16.1. The fourth-order valence-electron chi connectivity index (χ4n) is 3.48. The van der Waals surface area contributed by atoms with Gasteiger partial charge < -0.3 is 4.90 Å². The van der Waals surface area contributed by atoms with E-state index in [9.17, 15) is 4.79 Å². The summed E-state index contributed by atoms with van der Waals surface area (Å²) >= 11 is 0. The van der Waals surface area contributed by atoms with E-state index in [4.69, 9.17) is 0 Å². The van der Waals surface area contributed by atoms with Crippen LogP contribution in [0.25, 0.3) is 0 Å². The Balaban J connectivity index is 1.41. The largest absolute Gasteiger partial charge is 0.300 e. The van der Waals surface area contributed by atoms with Crippen LogP contribution in [0.5, 0.6) is 0 Å². The molecule has 1 saturated carbocycles. The van der Waals surface area contributed by atoms with Crippen molar-refractivity contribution in [2.75, 3.05) is 32.7 Å². The summed E-state index contributed by atoms with van der Waals surface area (Å²) in [7, 11) is 0. The lowest BCUT2D eigenvalue weighted by Crippen LogP contribution is -2.47. The Hall–Kier alpha value is -0.410. The molecule has 0 amide bonds. The summed E-state index contributed by atoms with van der Waals surface area (Å²) in [6, 6.07) is 0.803. The SMILES string of the molecule is O=C(CN1CCC(N2CCCCC2)CC1)C1CC1. The Labute approximate surface area is 111 Å². The maximum atomic E-state index is 11.8. The van der Waals surface area contributed by atoms with Crippen LogP contribution in [0, 0.1) is 5.92 Å². The highest BCUT2D eigenvalue weighted by molar-refractivity contribution is 5.84. The maximum absolute atomic E-state index is 11.8. The van der Waals surface area contributed by atoms with Gasteiger partial charge in [-0.1, -0.05) is 6.42 Å². The lowest BCUT2D eigenvalue weighted by atomic mass is 9.99. The molecule has 0 aromatic carbocycles. The molecule has 18 heavy (non-hydrogen) atoms. The molecule has 2 heterocycles. The van der Waals surface area contributed by atoms with Crippen molar-refractivity contribution in [2.45, 2.75) is 51.0 Å². The molecule has 3 aliphatic rings. The molecule has 102 valence electrons. The minimum absolute atomic E-state index is 0.435. The van der Waals surface area contributed by atoms with Crippen molar-refractivity contribution < 1.29 is 4.79 Å². The standard InChI is InChI=1S/C15H26N2O/c18-15(13-4-5-13)12-16-10-6-14(7-11-16)17-8-2-1-3-9-17/h13-14H,1-12H2. The van der Waals surface area contributed by atoms with Gasteiger partial charge in [0.2, 0.25) is 0 Å². The molecule has 0 aromatic rings. The monoisotopic (exact) mass is 250 g/mol. The van der Waals surface area contributed by atoms with Gasteiger partial charge in [-0.05, 0) is 51.6 Å². The van der Waals surface area contributed by atoms with E-state index in [-0.39, 0.29) is 0 Å². The second-order valence-corrected chi connectivity index (χ2v) is 6.34. The van der Waals surface area contributed by atoms with Crippen LogP contribution in [-0.4, -0.2) is 54.3 Å². The van der Waals surface area contributed by atoms with E-state index in [1.165, 1.54) is 45.2 Å². The topological polar surface area (TPSA) is 23.6 Å². The molecule has 0 unspecified atom stereocenters. The van der Waals surface area contributed by atoms with Crippen molar-refractivity contribution >= 4 is 5.78 Å². The van der Waals surface area contributed by atoms with E-state index >= 15 is 0 Å². The van der Waals surface area contributed by atoms with Gasteiger partial charge in [-0.2, -0.15) is 0 Å². The number of Topliss-reactive ketones (excluding diaryl/α,β-unsaturated/α-hetero) is 1. The molecular weight excluding hydrogens is 224 g/mol. The number of hydrogen-bond acceptors (Lipinski definition) is 3. The lowest BCUT2D eigenvalue weighted by molar-refractivity contribution is -0.121. The van der Waals surface area contributed by atoms with Crippen molar-refractivity contribution in [1.29, 1.82) is 0 Å². The molecule has 0 aromatic heterocycles. The number of likely N-dealkylation sites (tertiary alicyclic amines) is 2. The molecule has 1 aliphatic carbocycles. The summed E-state index contributed by atoms with van der Waals surface area (Å²) in [6.07, 6.45) is 9.06. The fraction of sp³-hybridized carbons (Fsp3) is 0.933. The number of piperidine rings is 2. The van der Waals surface area contributed by atoms with E-state index < -0.39 is 0 Å². The third-order valence-corrected chi connectivity index (χ3v) is 4.88. The van der Waals surface area contributed by atoms with Gasteiger partial charge >= 0.3 is 0 Å². The quantitative estimate of drug-likeness (QED) is 0.761. The Morgan fingerprint density at radius 3 is 2.17 bits per heavy atom. The summed E-state index contributed by atoms with van der Waals surface area (Å²) in [5, 5.41) is 0. The maximum Gasteiger partial charge on any atom is 0.149 e. The Kier molecular flexibility index (Phi) is 4.00. The molecule has 2 saturated heterocycles. The van der Waals surface area contributed by atoms with Gasteiger partial charge in [0, 0.05) is 25.0 Å². The first-order chi connectivity index (χ1) is 8.83. The van der Waals surface area contributed by atoms with Gasteiger partial charge in [-0.25, -0.2) is 0 Å². The predicted molar refractivity (Wildman–Crippen MR) is 72.6 cm³/mol. The van der Waals surface area contributed by atoms with Crippen molar-refractivity contribution in [1.82, 2.24) is 9.80 Å². The molecule has 3 fully saturated rings. The number of nitrogens with zero attached hydrogens (tertiary/aromatic N) is 2. The van der Waals surface area contributed by atoms with Gasteiger partial charge in [-0.15, -0.1) is 0 Å². The second-order valence-electron chi connectivity index (χ2n) is 6.34. The first kappa shape index (κ1) is 12.6. The molecule has 0 N–H and O–H groups in total. The number of carbonyl (C=O) groups is 1. The second kappa shape index (κ2) is 5.70. The van der Waals surface area contributed by atoms with Gasteiger partial charge in [0.25, 0.3) is 0 Å². The number of ketones is 1. The van der Waals surface area contributed by atoms with Gasteiger partial charge in [0.15, 0.2) is 0 Å². The lowest BCUT2D eigenvalue weighted by Gasteiger charge is -2.40. The van der Waals surface area contributed by atoms with Crippen LogP contribution >= 0.6 is 0 Å². The summed E-state index contributed by atoms with van der Waals surface area (Å²) in [5.41, 5.74) is 0. The van der Waals surface area contributed by atoms with Gasteiger partial charge in [-0.3, -0.25) is 9.69 Å². The highest BCUT2D eigenvalue weighted by Gasteiger charge is 2.32. The molecule has 0 bridgehead atoms. The number of hydrogen-bond donors (Lipinski definition) is 0. The molecule has 0 spiro atoms. The average molecular weight is 250 g/mol. The minimum atomic E-state index is 0.435. The predicted octanol–water partition coefficient (Wildman–Crippen LogP) is 1.92. The zero-order valence-electron chi connectivity index (χ0n) is 11.4. The summed E-state index contributed by atoms with van der Waals surface area (Å²) in [6.45, 7) is 5.63. The minimum Gasteiger partial charge on any atom is -0.300 e. The first-order valence-electron chi connectivity index (χ1n) is 7.82. The van der Waals surface area contributed by atoms with Crippen LogP contribution in [0.2, 0.25) is 0 Å². The first-order valence-corrected chi connectivity index (χ1v) is 7.82. The smallest absolute Gasteiger partial charge is 0.149 e. The molecule has 3 heteroatoms. The fourth-order valence-corrected chi connectivity index (χ4v) is 3.48. The third kappa shape index (κ3) is 3.12. The third-order valence-electron chi connectivity index (χ3n) is 4.88. The van der Waals surface area contributed by atoms with E-state index in [0.29, 0.717) is 11.7 Å². The van der Waals surface area contributed by atoms with Crippen LogP contribution in [-0.2, 0) is 4.79 Å². The van der Waals surface area contributed by atoms with Crippen LogP contribution in [0.15, 0.2) is 0 Å². The van der Waals surface area contributed by atoms with E-state index in [1.54, 1.807) is 0 Å². The van der Waals surface area contributed by atoms with Crippen LogP contribution in [0.4, 0.5) is 0 Å². The van der Waals surface area contributed by atoms with Crippen LogP contribution < -0.4 is 0 Å². The number of carbonyl (C=O) groups excluding carboxylic acids is 1. The van der Waals surface area contributed by atoms with E-state index in [2.05, 4.69) is 9.80 Å². The van der Waals surface area contributed by atoms with E-state index in [1.807, 2.05) is 0 Å². The summed E-state index contributed by atoms with van der Waals surface area (Å²) in [4.78, 5) is 16.9. The molecule has 2 aliphatic heterocycles. The molecule has 3 rings (SSSR count). The van der Waals surface area contributed by atoms with E-state index in [0.717, 1.165) is 38.5 Å². The van der Waals surface area contributed by atoms with Crippen molar-refractivity contribution in [3.8, 4) is 0 Å². The van der Waals surface area contributed by atoms with Crippen molar-refractivity contribution in [3.63, 3.8) is 0 Å². The normalized spacial score (nSPS) is 28.4. The Morgan fingerprint density at radius 1 is 0.889 bits per heavy atom. The highest BCUT2D eigenvalue weighted by Crippen LogP contribution is 2.30. The van der Waals surface area contributed by atoms with Crippen LogP contribution in [0.1, 0.15) is 44.9 Å². The Morgan fingerprint density at radius 2 is 1.56 bits per heavy atom. The van der Waals surface area contributed by atoms with Gasteiger partial charge in [0.1, 0.15) is 5.78 Å². The number of rotatable bonds is 4. The Bertz CT molecular complexity index is 287. The average Bonchev–Trinajstić information content (AvgIpc) is 3.25. The summed E-state index contributed by atoms with van der Waals surface area (Å²) in [5.74, 6) is 0.941. The molecular formula is C15H26N2O. The molecule has 0 radical (unpaired) electrons. The zero-order valence-corrected chi connectivity index (χ0v) is 11.4. The van der Waals surface area contributed by atoms with Crippen molar-refractivity contribution in [3.05, 3.63) is 0 Å². The zero-order chi connectivity index (χ0) is 12.4. The van der Waals surface area contributed by atoms with Crippen molar-refractivity contribution in [2.24, 2.45) is 5.92 Å². The molecule has 3 nitrogen and oxygen atoms in total.